The van der Waals surface area contributed by atoms with Gasteiger partial charge in [0.25, 0.3) is 0 Å². The van der Waals surface area contributed by atoms with Crippen LogP contribution in [0.1, 0.15) is 44.6 Å². The number of carboxylic acid groups (broad SMARTS) is 1. The summed E-state index contributed by atoms with van der Waals surface area (Å²) in [6, 6.07) is 2.13. The van der Waals surface area contributed by atoms with E-state index in [2.05, 4.69) is 23.8 Å². The van der Waals surface area contributed by atoms with Gasteiger partial charge in [-0.3, -0.25) is 4.79 Å². The standard InChI is InChI=1S/C15H22O2S/c1-2-3-11-4-5-14(15(16)17)13(8-11)9-12-6-7-18-10-12/h6-7,10-11,13-14H,2-5,8-9H2,1H3,(H,16,17). The van der Waals surface area contributed by atoms with Gasteiger partial charge in [0, 0.05) is 0 Å². The fourth-order valence-electron chi connectivity index (χ4n) is 3.29. The van der Waals surface area contributed by atoms with E-state index in [1.54, 1.807) is 11.3 Å². The second-order valence-electron chi connectivity index (χ2n) is 5.51. The first-order chi connectivity index (χ1) is 8.70. The molecule has 2 rings (SSSR count). The molecule has 3 unspecified atom stereocenters. The molecule has 0 saturated heterocycles. The predicted molar refractivity (Wildman–Crippen MR) is 74.9 cm³/mol. The molecular formula is C15H22O2S. The minimum absolute atomic E-state index is 0.127. The Morgan fingerprint density at radius 2 is 2.33 bits per heavy atom. The van der Waals surface area contributed by atoms with Crippen molar-refractivity contribution in [2.75, 3.05) is 0 Å². The second kappa shape index (κ2) is 6.37. The first-order valence-electron chi connectivity index (χ1n) is 6.94. The molecule has 0 spiro atoms. The van der Waals surface area contributed by atoms with E-state index in [4.69, 9.17) is 0 Å². The summed E-state index contributed by atoms with van der Waals surface area (Å²) in [5.41, 5.74) is 1.31. The van der Waals surface area contributed by atoms with E-state index in [1.165, 1.54) is 18.4 Å². The number of carboxylic acids is 1. The first-order valence-corrected chi connectivity index (χ1v) is 7.88. The van der Waals surface area contributed by atoms with Crippen molar-refractivity contribution in [3.8, 4) is 0 Å². The van der Waals surface area contributed by atoms with Crippen LogP contribution in [0.3, 0.4) is 0 Å². The van der Waals surface area contributed by atoms with E-state index in [-0.39, 0.29) is 5.92 Å². The van der Waals surface area contributed by atoms with Crippen LogP contribution in [0.2, 0.25) is 0 Å². The molecule has 0 aliphatic heterocycles. The molecule has 1 fully saturated rings. The Labute approximate surface area is 113 Å². The third kappa shape index (κ3) is 3.35. The van der Waals surface area contributed by atoms with Crippen molar-refractivity contribution in [2.45, 2.75) is 45.4 Å². The van der Waals surface area contributed by atoms with Crippen molar-refractivity contribution >= 4 is 17.3 Å². The molecule has 0 radical (unpaired) electrons. The minimum atomic E-state index is -0.592. The molecule has 1 saturated carbocycles. The second-order valence-corrected chi connectivity index (χ2v) is 6.29. The largest absolute Gasteiger partial charge is 0.481 e. The van der Waals surface area contributed by atoms with Crippen LogP contribution < -0.4 is 0 Å². The molecule has 0 aromatic carbocycles. The third-order valence-corrected chi connectivity index (χ3v) is 4.92. The van der Waals surface area contributed by atoms with E-state index in [9.17, 15) is 9.90 Å². The van der Waals surface area contributed by atoms with Gasteiger partial charge in [-0.1, -0.05) is 19.8 Å². The Balaban J connectivity index is 2.02. The normalized spacial score (nSPS) is 28.2. The van der Waals surface area contributed by atoms with Crippen LogP contribution in [-0.2, 0) is 11.2 Å². The van der Waals surface area contributed by atoms with E-state index < -0.39 is 5.97 Å². The van der Waals surface area contributed by atoms with Crippen LogP contribution >= 0.6 is 11.3 Å². The lowest BCUT2D eigenvalue weighted by molar-refractivity contribution is -0.145. The third-order valence-electron chi connectivity index (χ3n) is 4.18. The molecule has 0 bridgehead atoms. The molecule has 1 heterocycles. The average Bonchev–Trinajstić information content (AvgIpc) is 2.82. The minimum Gasteiger partial charge on any atom is -0.481 e. The fraction of sp³-hybridized carbons (Fsp3) is 0.667. The van der Waals surface area contributed by atoms with Crippen molar-refractivity contribution in [3.63, 3.8) is 0 Å². The molecule has 0 amide bonds. The van der Waals surface area contributed by atoms with Gasteiger partial charge in [-0.05, 0) is 59.9 Å². The van der Waals surface area contributed by atoms with Crippen LogP contribution in [-0.4, -0.2) is 11.1 Å². The Morgan fingerprint density at radius 1 is 1.50 bits per heavy atom. The topological polar surface area (TPSA) is 37.3 Å². The average molecular weight is 266 g/mol. The van der Waals surface area contributed by atoms with Crippen molar-refractivity contribution in [3.05, 3.63) is 22.4 Å². The molecule has 2 nitrogen and oxygen atoms in total. The molecule has 100 valence electrons. The highest BCUT2D eigenvalue weighted by molar-refractivity contribution is 7.07. The molecular weight excluding hydrogens is 244 g/mol. The van der Waals surface area contributed by atoms with Gasteiger partial charge in [0.15, 0.2) is 0 Å². The zero-order chi connectivity index (χ0) is 13.0. The summed E-state index contributed by atoms with van der Waals surface area (Å²) in [6.45, 7) is 2.22. The lowest BCUT2D eigenvalue weighted by Gasteiger charge is -2.34. The van der Waals surface area contributed by atoms with Crippen LogP contribution in [0.4, 0.5) is 0 Å². The highest BCUT2D eigenvalue weighted by Crippen LogP contribution is 2.38. The number of hydrogen-bond acceptors (Lipinski definition) is 2. The Kier molecular flexibility index (Phi) is 4.81. The van der Waals surface area contributed by atoms with Gasteiger partial charge in [-0.25, -0.2) is 0 Å². The number of carbonyl (C=O) groups is 1. The Bertz CT molecular complexity index is 372. The van der Waals surface area contributed by atoms with E-state index in [1.807, 2.05) is 0 Å². The van der Waals surface area contributed by atoms with Gasteiger partial charge in [-0.15, -0.1) is 0 Å². The Hall–Kier alpha value is -0.830. The molecule has 18 heavy (non-hydrogen) atoms. The zero-order valence-electron chi connectivity index (χ0n) is 11.0. The van der Waals surface area contributed by atoms with Crippen LogP contribution in [0, 0.1) is 17.8 Å². The summed E-state index contributed by atoms with van der Waals surface area (Å²) >= 11 is 1.70. The Morgan fingerprint density at radius 3 is 2.94 bits per heavy atom. The monoisotopic (exact) mass is 266 g/mol. The maximum Gasteiger partial charge on any atom is 0.306 e. The molecule has 1 aliphatic carbocycles. The summed E-state index contributed by atoms with van der Waals surface area (Å²) < 4.78 is 0. The lowest BCUT2D eigenvalue weighted by atomic mass is 9.71. The van der Waals surface area contributed by atoms with Gasteiger partial charge in [-0.2, -0.15) is 11.3 Å². The molecule has 3 atom stereocenters. The van der Waals surface area contributed by atoms with Crippen molar-refractivity contribution in [1.29, 1.82) is 0 Å². The summed E-state index contributed by atoms with van der Waals surface area (Å²) in [4.78, 5) is 11.4. The van der Waals surface area contributed by atoms with Crippen molar-refractivity contribution < 1.29 is 9.90 Å². The molecule has 1 aromatic heterocycles. The number of rotatable bonds is 5. The van der Waals surface area contributed by atoms with Crippen molar-refractivity contribution in [1.82, 2.24) is 0 Å². The van der Waals surface area contributed by atoms with Gasteiger partial charge in [0.1, 0.15) is 0 Å². The highest BCUT2D eigenvalue weighted by Gasteiger charge is 2.34. The van der Waals surface area contributed by atoms with Gasteiger partial charge < -0.3 is 5.11 Å². The van der Waals surface area contributed by atoms with E-state index >= 15 is 0 Å². The maximum atomic E-state index is 11.4. The molecule has 3 heteroatoms. The molecule has 1 aliphatic rings. The summed E-state index contributed by atoms with van der Waals surface area (Å²) in [6.07, 6.45) is 6.49. The summed E-state index contributed by atoms with van der Waals surface area (Å²) in [5, 5.41) is 13.6. The quantitative estimate of drug-likeness (QED) is 0.867. The fourth-order valence-corrected chi connectivity index (χ4v) is 3.98. The predicted octanol–water partition coefficient (Wildman–Crippen LogP) is 4.21. The number of thiophene rings is 1. The molecule has 1 aromatic rings. The van der Waals surface area contributed by atoms with Crippen LogP contribution in [0.15, 0.2) is 16.8 Å². The first kappa shape index (κ1) is 13.6. The zero-order valence-corrected chi connectivity index (χ0v) is 11.8. The van der Waals surface area contributed by atoms with Crippen LogP contribution in [0.25, 0.3) is 0 Å². The number of hydrogen-bond donors (Lipinski definition) is 1. The SMILES string of the molecule is CCCC1CCC(C(=O)O)C(Cc2ccsc2)C1. The van der Waals surface area contributed by atoms with Crippen molar-refractivity contribution in [2.24, 2.45) is 17.8 Å². The molecule has 1 N–H and O–H groups in total. The maximum absolute atomic E-state index is 11.4. The van der Waals surface area contributed by atoms with Crippen LogP contribution in [0.5, 0.6) is 0 Å². The highest BCUT2D eigenvalue weighted by atomic mass is 32.1. The van der Waals surface area contributed by atoms with Gasteiger partial charge >= 0.3 is 5.97 Å². The lowest BCUT2D eigenvalue weighted by Crippen LogP contribution is -2.32. The van der Waals surface area contributed by atoms with E-state index in [0.717, 1.165) is 31.6 Å². The smallest absolute Gasteiger partial charge is 0.306 e. The van der Waals surface area contributed by atoms with Gasteiger partial charge in [0.05, 0.1) is 5.92 Å². The summed E-state index contributed by atoms with van der Waals surface area (Å²) in [5.74, 6) is 0.361. The summed E-state index contributed by atoms with van der Waals surface area (Å²) in [7, 11) is 0. The van der Waals surface area contributed by atoms with Gasteiger partial charge in [0.2, 0.25) is 0 Å². The number of aliphatic carboxylic acids is 1. The van der Waals surface area contributed by atoms with E-state index in [0.29, 0.717) is 5.92 Å².